The maximum Gasteiger partial charge on any atom is 0.221 e. The number of carbonyl (C=O) groups is 1. The Balaban J connectivity index is 0.00000103. The van der Waals surface area contributed by atoms with Crippen molar-refractivity contribution < 1.29 is 9.53 Å². The van der Waals surface area contributed by atoms with Crippen molar-refractivity contribution in [1.29, 1.82) is 0 Å². The van der Waals surface area contributed by atoms with Crippen LogP contribution < -0.4 is 31.5 Å². The molecule has 5 N–H and O–H groups in total. The van der Waals surface area contributed by atoms with E-state index >= 15 is 0 Å². The lowest BCUT2D eigenvalue weighted by molar-refractivity contribution is -0.114. The minimum absolute atomic E-state index is 0.0293. The van der Waals surface area contributed by atoms with Crippen LogP contribution in [-0.2, 0) is 4.79 Å². The van der Waals surface area contributed by atoms with Gasteiger partial charge in [0.15, 0.2) is 5.88 Å². The van der Waals surface area contributed by atoms with E-state index in [1.54, 1.807) is 0 Å². The van der Waals surface area contributed by atoms with E-state index in [2.05, 4.69) is 49.6 Å². The highest BCUT2D eigenvalue weighted by molar-refractivity contribution is 5.88. The Morgan fingerprint density at radius 2 is 1.77 bits per heavy atom. The molecule has 1 aromatic rings. The molecule has 9 heteroatoms. The van der Waals surface area contributed by atoms with E-state index in [0.717, 1.165) is 36.2 Å². The SMILES string of the molecule is CC.CC.CCN1C(NC)C=C(Oc2ccc(NC(C)=O)cc2)N(C)C1NC1CC(C2CC2)NN1. The van der Waals surface area contributed by atoms with Crippen LogP contribution in [0.25, 0.3) is 0 Å². The number of nitrogens with zero attached hydrogens (tertiary/aromatic N) is 2. The van der Waals surface area contributed by atoms with Crippen LogP contribution in [0.2, 0.25) is 0 Å². The van der Waals surface area contributed by atoms with Crippen LogP contribution in [0.5, 0.6) is 5.75 Å². The number of anilines is 1. The fraction of sp³-hybridized carbons (Fsp3) is 0.654. The number of nitrogens with one attached hydrogen (secondary N) is 5. The van der Waals surface area contributed by atoms with Gasteiger partial charge in [0.05, 0.1) is 12.3 Å². The van der Waals surface area contributed by atoms with Gasteiger partial charge < -0.3 is 20.3 Å². The van der Waals surface area contributed by atoms with Crippen molar-refractivity contribution in [2.24, 2.45) is 5.92 Å². The molecule has 1 aromatic carbocycles. The van der Waals surface area contributed by atoms with Crippen LogP contribution in [-0.4, -0.2) is 61.0 Å². The molecule has 0 spiro atoms. The molecule has 1 saturated heterocycles. The van der Waals surface area contributed by atoms with Crippen LogP contribution in [0.15, 0.2) is 36.2 Å². The summed E-state index contributed by atoms with van der Waals surface area (Å²) >= 11 is 0. The minimum atomic E-state index is -0.0900. The first-order valence-corrected chi connectivity index (χ1v) is 13.2. The maximum atomic E-state index is 11.2. The van der Waals surface area contributed by atoms with Gasteiger partial charge in [-0.15, -0.1) is 0 Å². The average Bonchev–Trinajstić information content (AvgIpc) is 3.63. The Kier molecular flexibility index (Phi) is 12.0. The van der Waals surface area contributed by atoms with Crippen molar-refractivity contribution in [3.8, 4) is 5.75 Å². The number of hydrogen-bond acceptors (Lipinski definition) is 8. The third kappa shape index (κ3) is 7.91. The number of amides is 1. The Bertz CT molecular complexity index is 797. The molecule has 4 atom stereocenters. The molecular weight excluding hydrogens is 442 g/mol. The number of ether oxygens (including phenoxy) is 1. The van der Waals surface area contributed by atoms with E-state index in [-0.39, 0.29) is 24.5 Å². The lowest BCUT2D eigenvalue weighted by Crippen LogP contribution is -2.66. The van der Waals surface area contributed by atoms with Crippen LogP contribution in [0.3, 0.4) is 0 Å². The third-order valence-corrected chi connectivity index (χ3v) is 6.22. The standard InChI is InChI=1S/C22H35N7O2.2C2H6/c1-5-29-20(23-3)13-21(31-17-10-8-16(9-11-17)24-14(2)30)28(4)22(29)25-19-12-18(26-27-19)15-6-7-15;2*1-2/h8-11,13,15,18-20,22-23,25-27H,5-7,12H2,1-4H3,(H,24,30);2*1-2H3. The zero-order valence-corrected chi connectivity index (χ0v) is 22.8. The number of likely N-dealkylation sites (N-methyl/N-ethyl adjacent to an activating group) is 2. The third-order valence-electron chi connectivity index (χ3n) is 6.22. The number of carbonyl (C=O) groups excluding carboxylic acids is 1. The zero-order valence-electron chi connectivity index (χ0n) is 22.8. The van der Waals surface area contributed by atoms with Crippen LogP contribution in [0.1, 0.15) is 60.8 Å². The van der Waals surface area contributed by atoms with Gasteiger partial charge in [-0.05, 0) is 56.5 Å². The van der Waals surface area contributed by atoms with Crippen molar-refractivity contribution in [3.05, 3.63) is 36.2 Å². The zero-order chi connectivity index (χ0) is 26.0. The summed E-state index contributed by atoms with van der Waals surface area (Å²) in [5.41, 5.74) is 7.64. The number of hydrogen-bond donors (Lipinski definition) is 5. The molecule has 2 aliphatic heterocycles. The fourth-order valence-electron chi connectivity index (χ4n) is 4.38. The molecule has 1 aliphatic carbocycles. The molecule has 4 rings (SSSR count). The quantitative estimate of drug-likeness (QED) is 0.380. The van der Waals surface area contributed by atoms with E-state index in [1.807, 2.05) is 66.1 Å². The highest BCUT2D eigenvalue weighted by Crippen LogP contribution is 2.35. The first-order valence-electron chi connectivity index (χ1n) is 13.2. The lowest BCUT2D eigenvalue weighted by Gasteiger charge is -2.46. The first-order chi connectivity index (χ1) is 17.0. The van der Waals surface area contributed by atoms with E-state index in [1.165, 1.54) is 19.8 Å². The summed E-state index contributed by atoms with van der Waals surface area (Å²) in [6, 6.07) is 7.97. The number of rotatable bonds is 8. The Morgan fingerprint density at radius 1 is 1.11 bits per heavy atom. The van der Waals surface area contributed by atoms with Crippen molar-refractivity contribution in [1.82, 2.24) is 31.3 Å². The van der Waals surface area contributed by atoms with Gasteiger partial charge in [-0.1, -0.05) is 34.6 Å². The van der Waals surface area contributed by atoms with Gasteiger partial charge in [0.1, 0.15) is 12.0 Å². The Labute approximate surface area is 212 Å². The largest absolute Gasteiger partial charge is 0.441 e. The summed E-state index contributed by atoms with van der Waals surface area (Å²) < 4.78 is 6.25. The first kappa shape index (κ1) is 29.1. The fourth-order valence-corrected chi connectivity index (χ4v) is 4.38. The second-order valence-electron chi connectivity index (χ2n) is 8.55. The average molecular weight is 490 g/mol. The van der Waals surface area contributed by atoms with Gasteiger partial charge in [0.25, 0.3) is 0 Å². The Hall–Kier alpha value is -2.17. The maximum absolute atomic E-state index is 11.2. The van der Waals surface area contributed by atoms with Gasteiger partial charge >= 0.3 is 0 Å². The molecule has 4 unspecified atom stereocenters. The number of benzene rings is 1. The van der Waals surface area contributed by atoms with Crippen molar-refractivity contribution in [3.63, 3.8) is 0 Å². The van der Waals surface area contributed by atoms with E-state index < -0.39 is 0 Å². The molecule has 3 aliphatic rings. The van der Waals surface area contributed by atoms with Gasteiger partial charge in [0, 0.05) is 38.3 Å². The molecule has 1 amide bonds. The minimum Gasteiger partial charge on any atom is -0.441 e. The van der Waals surface area contributed by atoms with Gasteiger partial charge in [-0.3, -0.25) is 20.4 Å². The topological polar surface area (TPSA) is 92.9 Å². The monoisotopic (exact) mass is 489 g/mol. The molecule has 35 heavy (non-hydrogen) atoms. The van der Waals surface area contributed by atoms with E-state index in [4.69, 9.17) is 4.74 Å². The predicted octanol–water partition coefficient (Wildman–Crippen LogP) is 3.21. The summed E-state index contributed by atoms with van der Waals surface area (Å²) in [7, 11) is 4.01. The molecule has 0 bridgehead atoms. The van der Waals surface area contributed by atoms with E-state index in [9.17, 15) is 4.79 Å². The second kappa shape index (κ2) is 14.4. The molecule has 2 heterocycles. The predicted molar refractivity (Wildman–Crippen MR) is 143 cm³/mol. The molecule has 0 aromatic heterocycles. The smallest absolute Gasteiger partial charge is 0.221 e. The lowest BCUT2D eigenvalue weighted by atomic mass is 10.1. The summed E-state index contributed by atoms with van der Waals surface area (Å²) in [5.74, 6) is 2.22. The second-order valence-corrected chi connectivity index (χ2v) is 8.55. The number of hydrazine groups is 1. The molecule has 198 valence electrons. The summed E-state index contributed by atoms with van der Waals surface area (Å²) in [5, 5.41) is 9.92. The highest BCUT2D eigenvalue weighted by atomic mass is 16.5. The van der Waals surface area contributed by atoms with Crippen molar-refractivity contribution in [2.75, 3.05) is 26.0 Å². The highest BCUT2D eigenvalue weighted by Gasteiger charge is 2.40. The summed E-state index contributed by atoms with van der Waals surface area (Å²) in [6.45, 7) is 12.5. The van der Waals surface area contributed by atoms with E-state index in [0.29, 0.717) is 6.04 Å². The summed E-state index contributed by atoms with van der Waals surface area (Å²) in [6.07, 6.45) is 6.04. The molecule has 1 saturated carbocycles. The molecular formula is C26H47N7O2. The molecule has 9 nitrogen and oxygen atoms in total. The molecule has 0 radical (unpaired) electrons. The van der Waals surface area contributed by atoms with Crippen LogP contribution in [0.4, 0.5) is 5.69 Å². The van der Waals surface area contributed by atoms with Crippen molar-refractivity contribution >= 4 is 11.6 Å². The molecule has 2 fully saturated rings. The van der Waals surface area contributed by atoms with Crippen LogP contribution in [0, 0.1) is 5.92 Å². The summed E-state index contributed by atoms with van der Waals surface area (Å²) in [4.78, 5) is 15.7. The van der Waals surface area contributed by atoms with Gasteiger partial charge in [0.2, 0.25) is 5.91 Å². The van der Waals surface area contributed by atoms with Gasteiger partial charge in [-0.2, -0.15) is 0 Å². The van der Waals surface area contributed by atoms with Gasteiger partial charge in [-0.25, -0.2) is 5.43 Å². The normalized spacial score (nSPS) is 26.1. The van der Waals surface area contributed by atoms with Crippen molar-refractivity contribution in [2.45, 2.75) is 85.5 Å². The Morgan fingerprint density at radius 3 is 2.31 bits per heavy atom. The van der Waals surface area contributed by atoms with Crippen LogP contribution >= 0.6 is 0 Å².